The lowest BCUT2D eigenvalue weighted by Crippen LogP contribution is -2.49. The lowest BCUT2D eigenvalue weighted by Gasteiger charge is -2.35. The molecule has 94 valence electrons. The number of nitrogen functional groups attached to an aromatic ring is 1. The van der Waals surface area contributed by atoms with Gasteiger partial charge in [0.2, 0.25) is 11.9 Å². The molecule has 1 aromatic heterocycles. The number of aromatic nitrogens is 3. The number of anilines is 1. The van der Waals surface area contributed by atoms with Crippen molar-refractivity contribution in [2.45, 2.75) is 25.9 Å². The molecule has 1 aromatic rings. The Bertz CT molecular complexity index is 392. The van der Waals surface area contributed by atoms with Crippen LogP contribution in [0.4, 0.5) is 5.95 Å². The van der Waals surface area contributed by atoms with E-state index in [1.165, 1.54) is 11.0 Å². The maximum Gasteiger partial charge on any atom is 0.244 e. The van der Waals surface area contributed by atoms with E-state index in [-0.39, 0.29) is 24.4 Å². The van der Waals surface area contributed by atoms with Crippen LogP contribution in [0.2, 0.25) is 0 Å². The summed E-state index contributed by atoms with van der Waals surface area (Å²) < 4.78 is 6.82. The number of carbonyl (C=O) groups excluding carboxylic acids is 1. The van der Waals surface area contributed by atoms with E-state index in [2.05, 4.69) is 10.1 Å². The van der Waals surface area contributed by atoms with E-state index in [9.17, 15) is 4.79 Å². The Morgan fingerprint density at radius 1 is 1.71 bits per heavy atom. The van der Waals surface area contributed by atoms with Crippen LogP contribution in [0.5, 0.6) is 0 Å². The standard InChI is InChI=1S/C10H17N5O2/c1-2-8-6-17-4-3-15(8)9(16)5-14-7-12-10(11)13-14/h7-8H,2-6H2,1H3,(H2,11,13). The van der Waals surface area contributed by atoms with Gasteiger partial charge in [-0.1, -0.05) is 6.92 Å². The van der Waals surface area contributed by atoms with Crippen LogP contribution in [-0.2, 0) is 16.1 Å². The molecule has 0 spiro atoms. The minimum atomic E-state index is 0.0325. The topological polar surface area (TPSA) is 86.3 Å². The molecule has 1 aliphatic heterocycles. The normalized spacial score (nSPS) is 20.5. The van der Waals surface area contributed by atoms with Crippen molar-refractivity contribution in [2.24, 2.45) is 0 Å². The smallest absolute Gasteiger partial charge is 0.244 e. The molecule has 1 aliphatic rings. The number of nitrogens with zero attached hydrogens (tertiary/aromatic N) is 4. The van der Waals surface area contributed by atoms with E-state index in [1.807, 2.05) is 11.8 Å². The fourth-order valence-corrected chi connectivity index (χ4v) is 1.94. The number of morpholine rings is 1. The van der Waals surface area contributed by atoms with Gasteiger partial charge in [0.25, 0.3) is 0 Å². The molecule has 2 rings (SSSR count). The summed E-state index contributed by atoms with van der Waals surface area (Å²) in [7, 11) is 0. The van der Waals surface area contributed by atoms with Crippen molar-refractivity contribution in [2.75, 3.05) is 25.5 Å². The Labute approximate surface area is 99.5 Å². The lowest BCUT2D eigenvalue weighted by molar-refractivity contribution is -0.140. The maximum absolute atomic E-state index is 12.1. The number of ether oxygens (including phenoxy) is 1. The van der Waals surface area contributed by atoms with Gasteiger partial charge in [-0.2, -0.15) is 0 Å². The molecule has 0 radical (unpaired) electrons. The Morgan fingerprint density at radius 2 is 2.53 bits per heavy atom. The van der Waals surface area contributed by atoms with Crippen LogP contribution < -0.4 is 5.73 Å². The molecule has 1 atom stereocenters. The summed E-state index contributed by atoms with van der Waals surface area (Å²) in [6.45, 7) is 4.08. The summed E-state index contributed by atoms with van der Waals surface area (Å²) in [4.78, 5) is 17.7. The molecule has 0 bridgehead atoms. The molecular formula is C10H17N5O2. The van der Waals surface area contributed by atoms with E-state index in [1.54, 1.807) is 0 Å². The van der Waals surface area contributed by atoms with Crippen molar-refractivity contribution in [3.05, 3.63) is 6.33 Å². The van der Waals surface area contributed by atoms with Crippen molar-refractivity contribution in [3.63, 3.8) is 0 Å². The lowest BCUT2D eigenvalue weighted by atomic mass is 10.2. The number of nitrogens with two attached hydrogens (primary N) is 1. The SMILES string of the molecule is CCC1COCCN1C(=O)Cn1cnc(N)n1. The van der Waals surface area contributed by atoms with Crippen molar-refractivity contribution in [1.29, 1.82) is 0 Å². The highest BCUT2D eigenvalue weighted by Gasteiger charge is 2.25. The zero-order valence-corrected chi connectivity index (χ0v) is 9.87. The van der Waals surface area contributed by atoms with Crippen molar-refractivity contribution in [3.8, 4) is 0 Å². The van der Waals surface area contributed by atoms with Gasteiger partial charge in [0.05, 0.1) is 19.3 Å². The van der Waals surface area contributed by atoms with Gasteiger partial charge < -0.3 is 15.4 Å². The largest absolute Gasteiger partial charge is 0.377 e. The molecule has 7 heteroatoms. The first kappa shape index (κ1) is 11.8. The van der Waals surface area contributed by atoms with Gasteiger partial charge in [-0.05, 0) is 6.42 Å². The average molecular weight is 239 g/mol. The minimum Gasteiger partial charge on any atom is -0.377 e. The fourth-order valence-electron chi connectivity index (χ4n) is 1.94. The Balaban J connectivity index is 1.98. The number of carbonyl (C=O) groups is 1. The predicted octanol–water partition coefficient (Wildman–Crippen LogP) is -0.502. The second kappa shape index (κ2) is 5.13. The molecule has 7 nitrogen and oxygen atoms in total. The molecule has 17 heavy (non-hydrogen) atoms. The molecule has 1 unspecified atom stereocenters. The summed E-state index contributed by atoms with van der Waals surface area (Å²) in [5.41, 5.74) is 5.40. The highest BCUT2D eigenvalue weighted by Crippen LogP contribution is 2.11. The maximum atomic E-state index is 12.1. The van der Waals surface area contributed by atoms with E-state index in [0.717, 1.165) is 6.42 Å². The highest BCUT2D eigenvalue weighted by atomic mass is 16.5. The molecule has 2 N–H and O–H groups in total. The predicted molar refractivity (Wildman–Crippen MR) is 61.0 cm³/mol. The second-order valence-corrected chi connectivity index (χ2v) is 4.02. The summed E-state index contributed by atoms with van der Waals surface area (Å²) in [5.74, 6) is 0.219. The minimum absolute atomic E-state index is 0.0325. The Morgan fingerprint density at radius 3 is 3.18 bits per heavy atom. The van der Waals surface area contributed by atoms with E-state index < -0.39 is 0 Å². The summed E-state index contributed by atoms with van der Waals surface area (Å²) >= 11 is 0. The first-order valence-corrected chi connectivity index (χ1v) is 5.73. The third-order valence-corrected chi connectivity index (χ3v) is 2.87. The van der Waals surface area contributed by atoms with Crippen molar-refractivity contribution < 1.29 is 9.53 Å². The third kappa shape index (κ3) is 2.73. The number of amides is 1. The van der Waals surface area contributed by atoms with E-state index in [4.69, 9.17) is 10.5 Å². The van der Waals surface area contributed by atoms with Crippen LogP contribution in [0.15, 0.2) is 6.33 Å². The van der Waals surface area contributed by atoms with Crippen molar-refractivity contribution in [1.82, 2.24) is 19.7 Å². The Kier molecular flexibility index (Phi) is 3.58. The Hall–Kier alpha value is -1.63. The summed E-state index contributed by atoms with van der Waals surface area (Å²) in [5, 5.41) is 3.90. The van der Waals surface area contributed by atoms with Crippen LogP contribution in [0.1, 0.15) is 13.3 Å². The zero-order valence-electron chi connectivity index (χ0n) is 9.87. The van der Waals surface area contributed by atoms with Gasteiger partial charge in [0, 0.05) is 6.54 Å². The van der Waals surface area contributed by atoms with Gasteiger partial charge >= 0.3 is 0 Å². The number of hydrogen-bond acceptors (Lipinski definition) is 5. The number of rotatable bonds is 3. The highest BCUT2D eigenvalue weighted by molar-refractivity contribution is 5.76. The van der Waals surface area contributed by atoms with Crippen LogP contribution in [0.3, 0.4) is 0 Å². The first-order chi connectivity index (χ1) is 8.20. The van der Waals surface area contributed by atoms with Crippen LogP contribution in [0, 0.1) is 0 Å². The molecule has 1 saturated heterocycles. The first-order valence-electron chi connectivity index (χ1n) is 5.73. The molecule has 0 aliphatic carbocycles. The van der Waals surface area contributed by atoms with Gasteiger partial charge in [-0.3, -0.25) is 4.79 Å². The quantitative estimate of drug-likeness (QED) is 0.768. The molecule has 1 amide bonds. The van der Waals surface area contributed by atoms with Crippen molar-refractivity contribution >= 4 is 11.9 Å². The van der Waals surface area contributed by atoms with Gasteiger partial charge in [0.1, 0.15) is 12.9 Å². The van der Waals surface area contributed by atoms with Gasteiger partial charge in [-0.25, -0.2) is 9.67 Å². The monoisotopic (exact) mass is 239 g/mol. The fraction of sp³-hybridized carbons (Fsp3) is 0.700. The summed E-state index contributed by atoms with van der Waals surface area (Å²) in [6, 6.07) is 0.164. The zero-order chi connectivity index (χ0) is 12.3. The number of hydrogen-bond donors (Lipinski definition) is 1. The summed E-state index contributed by atoms with van der Waals surface area (Å²) in [6.07, 6.45) is 2.36. The average Bonchev–Trinajstić information content (AvgIpc) is 2.74. The van der Waals surface area contributed by atoms with Gasteiger partial charge in [0.15, 0.2) is 0 Å². The van der Waals surface area contributed by atoms with E-state index in [0.29, 0.717) is 19.8 Å². The molecule has 0 aromatic carbocycles. The molecule has 0 saturated carbocycles. The van der Waals surface area contributed by atoms with Crippen LogP contribution >= 0.6 is 0 Å². The van der Waals surface area contributed by atoms with E-state index >= 15 is 0 Å². The van der Waals surface area contributed by atoms with Crippen LogP contribution in [-0.4, -0.2) is 51.4 Å². The molecule has 2 heterocycles. The van der Waals surface area contributed by atoms with Gasteiger partial charge in [-0.15, -0.1) is 5.10 Å². The van der Waals surface area contributed by atoms with Crippen LogP contribution in [0.25, 0.3) is 0 Å². The second-order valence-electron chi connectivity index (χ2n) is 4.02. The third-order valence-electron chi connectivity index (χ3n) is 2.87. The molecular weight excluding hydrogens is 222 g/mol. The molecule has 1 fully saturated rings.